The molecular formula is C13H13F3N2S. The van der Waals surface area contributed by atoms with Gasteiger partial charge in [-0.2, -0.15) is 0 Å². The molecule has 19 heavy (non-hydrogen) atoms. The van der Waals surface area contributed by atoms with E-state index in [4.69, 9.17) is 0 Å². The van der Waals surface area contributed by atoms with Gasteiger partial charge < -0.3 is 5.32 Å². The molecule has 0 spiro atoms. The van der Waals surface area contributed by atoms with E-state index in [2.05, 4.69) is 10.3 Å². The van der Waals surface area contributed by atoms with Crippen molar-refractivity contribution in [3.8, 4) is 10.6 Å². The van der Waals surface area contributed by atoms with Gasteiger partial charge in [-0.1, -0.05) is 6.92 Å². The lowest BCUT2D eigenvalue weighted by Crippen LogP contribution is -2.17. The van der Waals surface area contributed by atoms with Crippen LogP contribution in [-0.2, 0) is 0 Å². The van der Waals surface area contributed by atoms with E-state index in [0.29, 0.717) is 17.8 Å². The summed E-state index contributed by atoms with van der Waals surface area (Å²) >= 11 is 1.14. The molecule has 2 nitrogen and oxygen atoms in total. The highest BCUT2D eigenvalue weighted by atomic mass is 32.1. The minimum absolute atomic E-state index is 0.00145. The Kier molecular flexibility index (Phi) is 4.21. The lowest BCUT2D eigenvalue weighted by molar-refractivity contribution is 0.547. The minimum atomic E-state index is -0.936. The van der Waals surface area contributed by atoms with E-state index >= 15 is 0 Å². The Labute approximate surface area is 113 Å². The highest BCUT2D eigenvalue weighted by Gasteiger charge is 2.18. The highest BCUT2D eigenvalue weighted by molar-refractivity contribution is 7.13. The molecule has 0 aliphatic carbocycles. The zero-order valence-corrected chi connectivity index (χ0v) is 11.3. The van der Waals surface area contributed by atoms with Crippen LogP contribution in [0.1, 0.15) is 25.6 Å². The van der Waals surface area contributed by atoms with Crippen LogP contribution in [0.15, 0.2) is 17.5 Å². The molecule has 0 aliphatic heterocycles. The van der Waals surface area contributed by atoms with Gasteiger partial charge in [0, 0.05) is 23.6 Å². The molecule has 0 aliphatic rings. The third-order valence-electron chi connectivity index (χ3n) is 2.70. The maximum absolute atomic E-state index is 13.6. The summed E-state index contributed by atoms with van der Waals surface area (Å²) in [5.74, 6) is -2.81. The Balaban J connectivity index is 2.38. The number of aromatic nitrogens is 1. The average Bonchev–Trinajstić information content (AvgIpc) is 2.77. The quantitative estimate of drug-likeness (QED) is 0.922. The molecule has 1 aromatic heterocycles. The third kappa shape index (κ3) is 2.96. The third-order valence-corrected chi connectivity index (χ3v) is 3.57. The van der Waals surface area contributed by atoms with Crippen LogP contribution < -0.4 is 5.32 Å². The van der Waals surface area contributed by atoms with Crippen LogP contribution in [0.3, 0.4) is 0 Å². The number of benzene rings is 1. The Morgan fingerprint density at radius 3 is 2.47 bits per heavy atom. The number of halogens is 3. The van der Waals surface area contributed by atoms with Crippen molar-refractivity contribution in [2.45, 2.75) is 19.9 Å². The fourth-order valence-electron chi connectivity index (χ4n) is 1.76. The summed E-state index contributed by atoms with van der Waals surface area (Å²) in [7, 11) is 0. The van der Waals surface area contributed by atoms with Crippen molar-refractivity contribution in [1.29, 1.82) is 0 Å². The zero-order valence-electron chi connectivity index (χ0n) is 10.5. The van der Waals surface area contributed by atoms with Gasteiger partial charge in [-0.05, 0) is 13.5 Å². The summed E-state index contributed by atoms with van der Waals surface area (Å²) in [5.41, 5.74) is 0.436. The van der Waals surface area contributed by atoms with Gasteiger partial charge in [0.05, 0.1) is 11.3 Å². The fraction of sp³-hybridized carbons (Fsp3) is 0.308. The first-order valence-corrected chi connectivity index (χ1v) is 6.74. The van der Waals surface area contributed by atoms with E-state index in [1.165, 1.54) is 0 Å². The normalized spacial score (nSPS) is 12.7. The molecule has 1 N–H and O–H groups in total. The summed E-state index contributed by atoms with van der Waals surface area (Å²) < 4.78 is 40.1. The molecule has 1 aromatic carbocycles. The summed E-state index contributed by atoms with van der Waals surface area (Å²) in [6.45, 7) is 4.65. The predicted molar refractivity (Wildman–Crippen MR) is 69.5 cm³/mol. The van der Waals surface area contributed by atoms with Crippen molar-refractivity contribution in [2.24, 2.45) is 0 Å². The Morgan fingerprint density at radius 2 is 1.89 bits per heavy atom. The van der Waals surface area contributed by atoms with Gasteiger partial charge in [0.25, 0.3) is 0 Å². The van der Waals surface area contributed by atoms with Crippen LogP contribution in [0.25, 0.3) is 10.6 Å². The second-order valence-corrected chi connectivity index (χ2v) is 4.96. The van der Waals surface area contributed by atoms with Crippen LogP contribution in [0.5, 0.6) is 0 Å². The summed E-state index contributed by atoms with van der Waals surface area (Å²) in [6, 6.07) is 1.32. The van der Waals surface area contributed by atoms with Crippen molar-refractivity contribution in [3.05, 3.63) is 40.7 Å². The summed E-state index contributed by atoms with van der Waals surface area (Å²) in [5, 5.41) is 5.12. The summed E-state index contributed by atoms with van der Waals surface area (Å²) in [6.07, 6.45) is 0. The van der Waals surface area contributed by atoms with E-state index in [9.17, 15) is 13.2 Å². The molecule has 0 radical (unpaired) electrons. The van der Waals surface area contributed by atoms with Crippen molar-refractivity contribution >= 4 is 11.3 Å². The number of hydrogen-bond acceptors (Lipinski definition) is 3. The largest absolute Gasteiger partial charge is 0.309 e. The molecule has 0 bridgehead atoms. The minimum Gasteiger partial charge on any atom is -0.309 e. The average molecular weight is 286 g/mol. The van der Waals surface area contributed by atoms with Gasteiger partial charge in [-0.25, -0.2) is 18.2 Å². The van der Waals surface area contributed by atoms with E-state index in [0.717, 1.165) is 17.9 Å². The van der Waals surface area contributed by atoms with E-state index in [1.807, 2.05) is 13.8 Å². The number of nitrogens with one attached hydrogen (secondary N) is 1. The lowest BCUT2D eigenvalue weighted by Gasteiger charge is -2.08. The monoisotopic (exact) mass is 286 g/mol. The molecule has 2 rings (SSSR count). The van der Waals surface area contributed by atoms with Gasteiger partial charge in [0.2, 0.25) is 0 Å². The number of nitrogens with zero attached hydrogens (tertiary/aromatic N) is 1. The number of hydrogen-bond donors (Lipinski definition) is 1. The second kappa shape index (κ2) is 5.71. The molecule has 1 heterocycles. The lowest BCUT2D eigenvalue weighted by atomic mass is 10.2. The first-order chi connectivity index (χ1) is 9.02. The molecule has 1 unspecified atom stereocenters. The van der Waals surface area contributed by atoms with Gasteiger partial charge in [0.15, 0.2) is 0 Å². The van der Waals surface area contributed by atoms with E-state index in [1.54, 1.807) is 5.38 Å². The Hall–Kier alpha value is -1.40. The van der Waals surface area contributed by atoms with Crippen LogP contribution in [0, 0.1) is 17.5 Å². The van der Waals surface area contributed by atoms with Crippen molar-refractivity contribution in [1.82, 2.24) is 10.3 Å². The number of rotatable bonds is 4. The fourth-order valence-corrected chi connectivity index (χ4v) is 2.72. The van der Waals surface area contributed by atoms with Gasteiger partial charge in [-0.15, -0.1) is 11.3 Å². The molecule has 0 amide bonds. The molecule has 2 aromatic rings. The molecule has 1 atom stereocenters. The molecule has 0 fully saturated rings. The highest BCUT2D eigenvalue weighted by Crippen LogP contribution is 2.31. The van der Waals surface area contributed by atoms with Gasteiger partial charge >= 0.3 is 0 Å². The van der Waals surface area contributed by atoms with Crippen LogP contribution in [-0.4, -0.2) is 11.5 Å². The summed E-state index contributed by atoms with van der Waals surface area (Å²) in [4.78, 5) is 4.20. The molecule has 0 saturated heterocycles. The topological polar surface area (TPSA) is 24.9 Å². The van der Waals surface area contributed by atoms with Crippen LogP contribution >= 0.6 is 11.3 Å². The molecular weight excluding hydrogens is 273 g/mol. The molecule has 6 heteroatoms. The predicted octanol–water partition coefficient (Wildman–Crippen LogP) is 3.90. The Morgan fingerprint density at radius 1 is 1.26 bits per heavy atom. The standard InChI is InChI=1S/C13H13F3N2S/c1-3-17-7(2)11-6-19-13(18-11)12-9(15)4-8(14)5-10(12)16/h4-7,17H,3H2,1-2H3. The first-order valence-electron chi connectivity index (χ1n) is 5.86. The van der Waals surface area contributed by atoms with Crippen LogP contribution in [0.2, 0.25) is 0 Å². The SMILES string of the molecule is CCNC(C)c1csc(-c2c(F)cc(F)cc2F)n1. The first kappa shape index (κ1) is 14.0. The maximum Gasteiger partial charge on any atom is 0.139 e. The second-order valence-electron chi connectivity index (χ2n) is 4.10. The van der Waals surface area contributed by atoms with Crippen molar-refractivity contribution in [2.75, 3.05) is 6.54 Å². The Bertz CT molecular complexity index is 560. The molecule has 102 valence electrons. The smallest absolute Gasteiger partial charge is 0.139 e. The zero-order chi connectivity index (χ0) is 14.0. The van der Waals surface area contributed by atoms with E-state index < -0.39 is 17.5 Å². The van der Waals surface area contributed by atoms with Crippen molar-refractivity contribution in [3.63, 3.8) is 0 Å². The molecule has 0 saturated carbocycles. The van der Waals surface area contributed by atoms with Crippen LogP contribution in [0.4, 0.5) is 13.2 Å². The van der Waals surface area contributed by atoms with Gasteiger partial charge in [-0.3, -0.25) is 0 Å². The van der Waals surface area contributed by atoms with E-state index in [-0.39, 0.29) is 16.6 Å². The number of thiazole rings is 1. The maximum atomic E-state index is 13.6. The van der Waals surface area contributed by atoms with Crippen molar-refractivity contribution < 1.29 is 13.2 Å². The van der Waals surface area contributed by atoms with Gasteiger partial charge in [0.1, 0.15) is 22.5 Å².